The van der Waals surface area contributed by atoms with Crippen LogP contribution in [0.3, 0.4) is 0 Å². The topological polar surface area (TPSA) is 78.4 Å². The van der Waals surface area contributed by atoms with E-state index in [-0.39, 0.29) is 5.91 Å². The largest absolute Gasteiger partial charge is 0.370 e. The van der Waals surface area contributed by atoms with Gasteiger partial charge in [0.15, 0.2) is 5.01 Å². The number of fused-ring (bicyclic) bond motifs is 1. The Balaban J connectivity index is 1.62. The van der Waals surface area contributed by atoms with Crippen molar-refractivity contribution >= 4 is 23.4 Å². The van der Waals surface area contributed by atoms with Crippen molar-refractivity contribution in [1.29, 1.82) is 0 Å². The number of hydrogen-bond donors (Lipinski definition) is 3. The number of piperidine rings is 1. The Bertz CT molecular complexity index is 542. The first-order valence-electron chi connectivity index (χ1n) is 6.57. The van der Waals surface area contributed by atoms with Crippen molar-refractivity contribution in [3.05, 3.63) is 15.0 Å². The van der Waals surface area contributed by atoms with E-state index in [1.54, 1.807) is 0 Å². The highest BCUT2D eigenvalue weighted by molar-refractivity contribution is 7.11. The van der Waals surface area contributed by atoms with E-state index in [4.69, 9.17) is 0 Å². The first kappa shape index (κ1) is 12.6. The zero-order valence-electron chi connectivity index (χ0n) is 10.6. The minimum absolute atomic E-state index is 0.0819. The number of hydrogen-bond acceptors (Lipinski definition) is 6. The Hall–Kier alpha value is -1.47. The highest BCUT2D eigenvalue weighted by Gasteiger charge is 2.16. The average Bonchev–Trinajstić information content (AvgIpc) is 2.90. The van der Waals surface area contributed by atoms with Gasteiger partial charge in [-0.25, -0.2) is 4.98 Å². The predicted octanol–water partition coefficient (Wildman–Crippen LogP) is -1.21. The molecule has 1 saturated heterocycles. The number of aromatic nitrogens is 1. The smallest absolute Gasteiger partial charge is 0.280 e. The van der Waals surface area contributed by atoms with Crippen molar-refractivity contribution in [3.8, 4) is 0 Å². The van der Waals surface area contributed by atoms with Gasteiger partial charge in [0.1, 0.15) is 16.7 Å². The average molecular weight is 279 g/mol. The summed E-state index contributed by atoms with van der Waals surface area (Å²) in [5, 5.41) is 10.6. The molecule has 0 unspecified atom stereocenters. The number of rotatable bonds is 3. The van der Waals surface area contributed by atoms with Gasteiger partial charge in [-0.15, -0.1) is 0 Å². The molecular weight excluding hydrogens is 262 g/mol. The molecule has 1 amide bonds. The van der Waals surface area contributed by atoms with Gasteiger partial charge in [0, 0.05) is 12.7 Å². The SMILES string of the molecule is O=C(NCC1CCNCC1)c1nc2c(s1)=NCNC=2. The molecule has 0 saturated carbocycles. The highest BCUT2D eigenvalue weighted by atomic mass is 32.1. The van der Waals surface area contributed by atoms with Crippen LogP contribution in [0, 0.1) is 5.92 Å². The maximum atomic E-state index is 12.1. The van der Waals surface area contributed by atoms with Crippen LogP contribution in [-0.2, 0) is 0 Å². The molecule has 0 aliphatic carbocycles. The van der Waals surface area contributed by atoms with Crippen LogP contribution in [0.2, 0.25) is 0 Å². The molecule has 0 aromatic carbocycles. The van der Waals surface area contributed by atoms with Gasteiger partial charge in [0.25, 0.3) is 5.91 Å². The fourth-order valence-electron chi connectivity index (χ4n) is 2.29. The monoisotopic (exact) mass is 279 g/mol. The van der Waals surface area contributed by atoms with E-state index in [2.05, 4.69) is 25.9 Å². The molecule has 7 heteroatoms. The zero-order valence-corrected chi connectivity index (χ0v) is 11.4. The van der Waals surface area contributed by atoms with E-state index in [1.165, 1.54) is 11.3 Å². The van der Waals surface area contributed by atoms with Crippen LogP contribution >= 0.6 is 11.3 Å². The Morgan fingerprint density at radius 2 is 2.32 bits per heavy atom. The lowest BCUT2D eigenvalue weighted by Crippen LogP contribution is -2.36. The van der Waals surface area contributed by atoms with E-state index < -0.39 is 0 Å². The molecule has 1 aromatic heterocycles. The van der Waals surface area contributed by atoms with Crippen molar-refractivity contribution in [2.75, 3.05) is 26.3 Å². The second-order valence-corrected chi connectivity index (χ2v) is 5.76. The fourth-order valence-corrected chi connectivity index (χ4v) is 3.12. The molecule has 2 aliphatic rings. The summed E-state index contributed by atoms with van der Waals surface area (Å²) >= 11 is 1.36. The second kappa shape index (κ2) is 5.66. The molecule has 1 aromatic rings. The molecule has 0 bridgehead atoms. The molecule has 0 radical (unpaired) electrons. The third-order valence-electron chi connectivity index (χ3n) is 3.39. The first-order chi connectivity index (χ1) is 9.33. The number of amides is 1. The lowest BCUT2D eigenvalue weighted by atomic mass is 9.98. The fraction of sp³-hybridized carbons (Fsp3) is 0.583. The summed E-state index contributed by atoms with van der Waals surface area (Å²) in [5.41, 5.74) is 0. The Morgan fingerprint density at radius 1 is 1.47 bits per heavy atom. The number of thiazole rings is 1. The van der Waals surface area contributed by atoms with Crippen LogP contribution in [-0.4, -0.2) is 37.2 Å². The van der Waals surface area contributed by atoms with E-state index >= 15 is 0 Å². The van der Waals surface area contributed by atoms with Crippen molar-refractivity contribution < 1.29 is 4.79 Å². The maximum absolute atomic E-state index is 12.1. The minimum atomic E-state index is -0.0819. The van der Waals surface area contributed by atoms with Gasteiger partial charge in [-0.3, -0.25) is 9.79 Å². The Labute approximate surface area is 115 Å². The number of carbonyl (C=O) groups is 1. The van der Waals surface area contributed by atoms with Crippen LogP contribution in [0.25, 0.3) is 6.20 Å². The van der Waals surface area contributed by atoms with Crippen molar-refractivity contribution in [2.45, 2.75) is 12.8 Å². The molecule has 3 heterocycles. The van der Waals surface area contributed by atoms with Crippen LogP contribution in [0.5, 0.6) is 0 Å². The van der Waals surface area contributed by atoms with E-state index in [0.29, 0.717) is 17.6 Å². The van der Waals surface area contributed by atoms with Gasteiger partial charge in [-0.05, 0) is 31.8 Å². The van der Waals surface area contributed by atoms with Gasteiger partial charge >= 0.3 is 0 Å². The standard InChI is InChI=1S/C12H17N5OS/c18-10(15-5-8-1-3-13-4-2-8)12-17-9-6-14-7-16-11(9)19-12/h6,8,13-14H,1-5,7H2,(H,15,18). The van der Waals surface area contributed by atoms with Crippen molar-refractivity contribution in [2.24, 2.45) is 10.9 Å². The molecule has 6 nitrogen and oxygen atoms in total. The number of carbonyl (C=O) groups excluding carboxylic acids is 1. The summed E-state index contributed by atoms with van der Waals surface area (Å²) < 4.78 is 0.839. The molecule has 3 rings (SSSR count). The molecular formula is C12H17N5OS. The third-order valence-corrected chi connectivity index (χ3v) is 4.39. The minimum Gasteiger partial charge on any atom is -0.370 e. The van der Waals surface area contributed by atoms with Gasteiger partial charge in [0.05, 0.1) is 0 Å². The molecule has 0 spiro atoms. The Morgan fingerprint density at radius 3 is 3.11 bits per heavy atom. The maximum Gasteiger partial charge on any atom is 0.280 e. The summed E-state index contributed by atoms with van der Waals surface area (Å²) in [6, 6.07) is 0. The molecule has 1 fully saturated rings. The lowest BCUT2D eigenvalue weighted by molar-refractivity contribution is 0.0943. The summed E-state index contributed by atoms with van der Waals surface area (Å²) in [5.74, 6) is 0.499. The van der Waals surface area contributed by atoms with Crippen LogP contribution in [0.15, 0.2) is 4.99 Å². The van der Waals surface area contributed by atoms with E-state index in [1.807, 2.05) is 6.20 Å². The molecule has 2 aliphatic heterocycles. The normalized spacial score (nSPS) is 18.7. The third kappa shape index (κ3) is 2.93. The number of nitrogens with one attached hydrogen (secondary N) is 3. The summed E-state index contributed by atoms with van der Waals surface area (Å²) in [6.45, 7) is 3.40. The summed E-state index contributed by atoms with van der Waals surface area (Å²) in [6.07, 6.45) is 4.06. The van der Waals surface area contributed by atoms with Gasteiger partial charge < -0.3 is 16.0 Å². The number of nitrogens with zero attached hydrogens (tertiary/aromatic N) is 2. The highest BCUT2D eigenvalue weighted by Crippen LogP contribution is 2.10. The van der Waals surface area contributed by atoms with Gasteiger partial charge in [-0.2, -0.15) is 0 Å². The summed E-state index contributed by atoms with van der Waals surface area (Å²) in [4.78, 5) is 20.6. The first-order valence-corrected chi connectivity index (χ1v) is 7.38. The molecule has 0 atom stereocenters. The van der Waals surface area contributed by atoms with Crippen LogP contribution in [0.4, 0.5) is 0 Å². The van der Waals surface area contributed by atoms with Crippen LogP contribution < -0.4 is 26.0 Å². The van der Waals surface area contributed by atoms with E-state index in [0.717, 1.165) is 42.5 Å². The van der Waals surface area contributed by atoms with Crippen molar-refractivity contribution in [3.63, 3.8) is 0 Å². The Kier molecular flexibility index (Phi) is 3.74. The van der Waals surface area contributed by atoms with Crippen LogP contribution in [0.1, 0.15) is 22.6 Å². The predicted molar refractivity (Wildman–Crippen MR) is 73.3 cm³/mol. The molecule has 3 N–H and O–H groups in total. The lowest BCUT2D eigenvalue weighted by Gasteiger charge is -2.22. The zero-order chi connectivity index (χ0) is 13.1. The van der Waals surface area contributed by atoms with Crippen molar-refractivity contribution in [1.82, 2.24) is 20.9 Å². The molecule has 102 valence electrons. The van der Waals surface area contributed by atoms with E-state index in [9.17, 15) is 4.79 Å². The van der Waals surface area contributed by atoms with Gasteiger partial charge in [-0.1, -0.05) is 11.3 Å². The van der Waals surface area contributed by atoms with Gasteiger partial charge in [0.2, 0.25) is 0 Å². The second-order valence-electron chi connectivity index (χ2n) is 4.78. The summed E-state index contributed by atoms with van der Waals surface area (Å²) in [7, 11) is 0. The molecule has 19 heavy (non-hydrogen) atoms. The quantitative estimate of drug-likeness (QED) is 0.649.